The lowest BCUT2D eigenvalue weighted by atomic mass is 9.77. The number of nitrogens with zero attached hydrogens (tertiary/aromatic N) is 1. The predicted octanol–water partition coefficient (Wildman–Crippen LogP) is 5.73. The number of hydrogen-bond donors (Lipinski definition) is 1. The van der Waals surface area contributed by atoms with Crippen molar-refractivity contribution in [3.63, 3.8) is 0 Å². The SMILES string of the molecule is O=[N+]([O-])c1ccc([C@@H]2Nc3c(Cl)cc(Cl)cc3[C@H]3C=CC[C@@H]32)cc1. The molecular formula is C18H14Cl2N2O2. The number of nitro benzene ring substituents is 1. The van der Waals surface area contributed by atoms with E-state index in [4.69, 9.17) is 23.2 Å². The van der Waals surface area contributed by atoms with Gasteiger partial charge in [0.15, 0.2) is 0 Å². The van der Waals surface area contributed by atoms with Crippen LogP contribution < -0.4 is 5.32 Å². The molecule has 0 spiro atoms. The van der Waals surface area contributed by atoms with Crippen molar-refractivity contribution in [1.29, 1.82) is 0 Å². The zero-order valence-electron chi connectivity index (χ0n) is 12.6. The van der Waals surface area contributed by atoms with Gasteiger partial charge in [-0.2, -0.15) is 0 Å². The molecule has 24 heavy (non-hydrogen) atoms. The summed E-state index contributed by atoms with van der Waals surface area (Å²) in [6.07, 6.45) is 5.33. The summed E-state index contributed by atoms with van der Waals surface area (Å²) in [6, 6.07) is 10.5. The third-order valence-corrected chi connectivity index (χ3v) is 5.36. The van der Waals surface area contributed by atoms with Gasteiger partial charge in [-0.1, -0.05) is 47.5 Å². The zero-order chi connectivity index (χ0) is 16.8. The van der Waals surface area contributed by atoms with Gasteiger partial charge in [0.05, 0.1) is 21.7 Å². The molecule has 1 aliphatic carbocycles. The first kappa shape index (κ1) is 15.5. The number of fused-ring (bicyclic) bond motifs is 3. The third kappa shape index (κ3) is 2.46. The van der Waals surface area contributed by atoms with Crippen molar-refractivity contribution in [2.24, 2.45) is 5.92 Å². The molecule has 2 aromatic carbocycles. The van der Waals surface area contributed by atoms with Crippen LogP contribution in [0.15, 0.2) is 48.6 Å². The Morgan fingerprint density at radius 1 is 1.17 bits per heavy atom. The normalized spacial score (nSPS) is 24.2. The Kier molecular flexibility index (Phi) is 3.74. The van der Waals surface area contributed by atoms with E-state index in [0.29, 0.717) is 16.0 Å². The highest BCUT2D eigenvalue weighted by Crippen LogP contribution is 2.52. The van der Waals surface area contributed by atoms with Crippen LogP contribution >= 0.6 is 23.2 Å². The molecule has 0 aromatic heterocycles. The molecule has 4 rings (SSSR count). The van der Waals surface area contributed by atoms with Crippen molar-refractivity contribution in [2.75, 3.05) is 5.32 Å². The summed E-state index contributed by atoms with van der Waals surface area (Å²) in [6.45, 7) is 0. The maximum Gasteiger partial charge on any atom is 0.269 e. The Labute approximate surface area is 149 Å². The second-order valence-corrected chi connectivity index (χ2v) is 7.02. The van der Waals surface area contributed by atoms with Crippen molar-refractivity contribution in [1.82, 2.24) is 0 Å². The van der Waals surface area contributed by atoms with Crippen molar-refractivity contribution in [3.05, 3.63) is 79.8 Å². The van der Waals surface area contributed by atoms with E-state index in [1.807, 2.05) is 18.2 Å². The Balaban J connectivity index is 1.76. The number of rotatable bonds is 2. The van der Waals surface area contributed by atoms with Gasteiger partial charge in [-0.25, -0.2) is 0 Å². The summed E-state index contributed by atoms with van der Waals surface area (Å²) in [5, 5.41) is 15.6. The Morgan fingerprint density at radius 2 is 1.92 bits per heavy atom. The number of allylic oxidation sites excluding steroid dienone is 2. The fraction of sp³-hybridized carbons (Fsp3) is 0.222. The number of anilines is 1. The largest absolute Gasteiger partial charge is 0.376 e. The Bertz CT molecular complexity index is 849. The van der Waals surface area contributed by atoms with Gasteiger partial charge in [0, 0.05) is 23.1 Å². The van der Waals surface area contributed by atoms with Gasteiger partial charge in [0.2, 0.25) is 0 Å². The van der Waals surface area contributed by atoms with Gasteiger partial charge in [-0.3, -0.25) is 10.1 Å². The quantitative estimate of drug-likeness (QED) is 0.422. The van der Waals surface area contributed by atoms with Crippen molar-refractivity contribution in [3.8, 4) is 0 Å². The Morgan fingerprint density at radius 3 is 2.62 bits per heavy atom. The van der Waals surface area contributed by atoms with Gasteiger partial charge in [-0.05, 0) is 35.6 Å². The molecule has 0 saturated carbocycles. The number of nitro groups is 1. The van der Waals surface area contributed by atoms with E-state index in [0.717, 1.165) is 23.2 Å². The van der Waals surface area contributed by atoms with Gasteiger partial charge >= 0.3 is 0 Å². The van der Waals surface area contributed by atoms with Crippen molar-refractivity contribution >= 4 is 34.6 Å². The molecule has 0 saturated heterocycles. The van der Waals surface area contributed by atoms with Gasteiger partial charge in [0.25, 0.3) is 5.69 Å². The van der Waals surface area contributed by atoms with E-state index in [1.165, 1.54) is 0 Å². The number of halogens is 2. The lowest BCUT2D eigenvalue weighted by molar-refractivity contribution is -0.384. The van der Waals surface area contributed by atoms with E-state index in [-0.39, 0.29) is 22.6 Å². The highest BCUT2D eigenvalue weighted by Gasteiger charge is 2.38. The lowest BCUT2D eigenvalue weighted by Gasteiger charge is -2.38. The van der Waals surface area contributed by atoms with Crippen LogP contribution in [-0.2, 0) is 0 Å². The van der Waals surface area contributed by atoms with Crippen LogP contribution in [0.1, 0.15) is 29.5 Å². The summed E-state index contributed by atoms with van der Waals surface area (Å²) in [7, 11) is 0. The molecule has 1 heterocycles. The smallest absolute Gasteiger partial charge is 0.269 e. The molecule has 6 heteroatoms. The average molecular weight is 361 g/mol. The fourth-order valence-corrected chi connectivity index (χ4v) is 4.32. The van der Waals surface area contributed by atoms with Crippen LogP contribution in [-0.4, -0.2) is 4.92 Å². The molecule has 0 bridgehead atoms. The van der Waals surface area contributed by atoms with Crippen LogP contribution in [0.4, 0.5) is 11.4 Å². The molecule has 0 fully saturated rings. The van der Waals surface area contributed by atoms with Crippen molar-refractivity contribution < 1.29 is 4.92 Å². The molecule has 0 amide bonds. The summed E-state index contributed by atoms with van der Waals surface area (Å²) >= 11 is 12.6. The minimum Gasteiger partial charge on any atom is -0.376 e. The van der Waals surface area contributed by atoms with Crippen LogP contribution in [0, 0.1) is 16.0 Å². The molecule has 4 nitrogen and oxygen atoms in total. The molecule has 122 valence electrons. The molecule has 2 aromatic rings. The van der Waals surface area contributed by atoms with E-state index in [2.05, 4.69) is 17.5 Å². The van der Waals surface area contributed by atoms with E-state index in [9.17, 15) is 10.1 Å². The third-order valence-electron chi connectivity index (χ3n) is 4.85. The monoisotopic (exact) mass is 360 g/mol. The molecular weight excluding hydrogens is 347 g/mol. The number of hydrogen-bond acceptors (Lipinski definition) is 3. The van der Waals surface area contributed by atoms with E-state index >= 15 is 0 Å². The first-order valence-electron chi connectivity index (χ1n) is 7.71. The predicted molar refractivity (Wildman–Crippen MR) is 95.9 cm³/mol. The number of nitrogens with one attached hydrogen (secondary N) is 1. The van der Waals surface area contributed by atoms with Crippen LogP contribution in [0.3, 0.4) is 0 Å². The molecule has 1 N–H and O–H groups in total. The van der Waals surface area contributed by atoms with E-state index < -0.39 is 0 Å². The number of non-ortho nitro benzene ring substituents is 1. The average Bonchev–Trinajstić information content (AvgIpc) is 3.04. The maximum atomic E-state index is 10.9. The molecule has 0 unspecified atom stereocenters. The molecule has 2 aliphatic rings. The second kappa shape index (κ2) is 5.80. The minimum absolute atomic E-state index is 0.0528. The fourth-order valence-electron chi connectivity index (χ4n) is 3.75. The van der Waals surface area contributed by atoms with Gasteiger partial charge in [-0.15, -0.1) is 0 Å². The summed E-state index contributed by atoms with van der Waals surface area (Å²) < 4.78 is 0. The van der Waals surface area contributed by atoms with Gasteiger partial charge < -0.3 is 5.32 Å². The van der Waals surface area contributed by atoms with Gasteiger partial charge in [0.1, 0.15) is 0 Å². The van der Waals surface area contributed by atoms with Crippen LogP contribution in [0.25, 0.3) is 0 Å². The standard InChI is InChI=1S/C18H14Cl2N2O2/c19-11-8-15-13-2-1-3-14(13)17(21-18(15)16(20)9-11)10-4-6-12(7-5-10)22(23)24/h1-2,4-9,13-14,17,21H,3H2/t13-,14-,17-/m0/s1. The minimum atomic E-state index is -0.383. The second-order valence-electron chi connectivity index (χ2n) is 6.18. The summed E-state index contributed by atoms with van der Waals surface area (Å²) in [4.78, 5) is 10.5. The topological polar surface area (TPSA) is 55.2 Å². The van der Waals surface area contributed by atoms with Crippen LogP contribution in [0.2, 0.25) is 10.0 Å². The van der Waals surface area contributed by atoms with E-state index in [1.54, 1.807) is 18.2 Å². The molecule has 3 atom stereocenters. The first-order valence-corrected chi connectivity index (χ1v) is 8.46. The summed E-state index contributed by atoms with van der Waals surface area (Å²) in [5.41, 5.74) is 3.14. The molecule has 1 aliphatic heterocycles. The Hall–Kier alpha value is -2.04. The zero-order valence-corrected chi connectivity index (χ0v) is 14.1. The first-order chi connectivity index (χ1) is 11.5. The number of benzene rings is 2. The lowest BCUT2D eigenvalue weighted by Crippen LogP contribution is -2.29. The molecule has 0 radical (unpaired) electrons. The highest BCUT2D eigenvalue weighted by molar-refractivity contribution is 6.36. The highest BCUT2D eigenvalue weighted by atomic mass is 35.5. The summed E-state index contributed by atoms with van der Waals surface area (Å²) in [5.74, 6) is 0.589. The van der Waals surface area contributed by atoms with Crippen LogP contribution in [0.5, 0.6) is 0 Å². The van der Waals surface area contributed by atoms with Crippen molar-refractivity contribution in [2.45, 2.75) is 18.4 Å². The maximum absolute atomic E-state index is 10.9.